The first-order valence-corrected chi connectivity index (χ1v) is 7.84. The highest BCUT2D eigenvalue weighted by Gasteiger charge is 2.40. The summed E-state index contributed by atoms with van der Waals surface area (Å²) in [6.07, 6.45) is -4.43. The van der Waals surface area contributed by atoms with Crippen LogP contribution in [0.5, 0.6) is 0 Å². The van der Waals surface area contributed by atoms with E-state index in [4.69, 9.17) is 0 Å². The van der Waals surface area contributed by atoms with Crippen LogP contribution in [-0.2, 0) is 4.79 Å². The highest BCUT2D eigenvalue weighted by molar-refractivity contribution is 7.99. The molecule has 7 heteroatoms. The highest BCUT2D eigenvalue weighted by Crippen LogP contribution is 2.32. The first-order chi connectivity index (χ1) is 9.98. The number of hydrogen-bond donors (Lipinski definition) is 1. The molecule has 1 fully saturated rings. The fourth-order valence-electron chi connectivity index (χ4n) is 2.18. The van der Waals surface area contributed by atoms with E-state index in [-0.39, 0.29) is 18.0 Å². The van der Waals surface area contributed by atoms with Crippen molar-refractivity contribution in [2.45, 2.75) is 12.2 Å². The molecule has 1 aliphatic heterocycles. The van der Waals surface area contributed by atoms with Crippen molar-refractivity contribution in [2.24, 2.45) is 0 Å². The van der Waals surface area contributed by atoms with Crippen LogP contribution >= 0.6 is 11.8 Å². The van der Waals surface area contributed by atoms with Crippen LogP contribution in [0.1, 0.15) is 11.6 Å². The number of alkyl halides is 3. The van der Waals surface area contributed by atoms with Gasteiger partial charge >= 0.3 is 6.18 Å². The molecule has 0 spiro atoms. The molecule has 0 radical (unpaired) electrons. The van der Waals surface area contributed by atoms with Crippen LogP contribution in [0.4, 0.5) is 13.2 Å². The summed E-state index contributed by atoms with van der Waals surface area (Å²) in [7, 11) is 0. The number of halogens is 3. The maximum Gasteiger partial charge on any atom is 0.407 e. The van der Waals surface area contributed by atoms with E-state index in [0.29, 0.717) is 13.1 Å². The Morgan fingerprint density at radius 2 is 1.86 bits per heavy atom. The lowest BCUT2D eigenvalue weighted by atomic mass is 10.1. The quantitative estimate of drug-likeness (QED) is 0.925. The molecule has 21 heavy (non-hydrogen) atoms. The number of rotatable bonds is 4. The highest BCUT2D eigenvalue weighted by atomic mass is 32.2. The molecular weight excluding hydrogens is 301 g/mol. The van der Waals surface area contributed by atoms with Crippen molar-refractivity contribution in [3.63, 3.8) is 0 Å². The molecule has 1 aromatic carbocycles. The second-order valence-electron chi connectivity index (χ2n) is 4.76. The van der Waals surface area contributed by atoms with Crippen LogP contribution in [0, 0.1) is 0 Å². The number of benzene rings is 1. The monoisotopic (exact) mass is 318 g/mol. The van der Waals surface area contributed by atoms with Gasteiger partial charge in [0.15, 0.2) is 0 Å². The molecule has 116 valence electrons. The Labute approximate surface area is 125 Å². The largest absolute Gasteiger partial charge is 0.407 e. The first-order valence-electron chi connectivity index (χ1n) is 6.69. The number of amides is 1. The van der Waals surface area contributed by atoms with Gasteiger partial charge in [0, 0.05) is 24.6 Å². The molecule has 2 rings (SSSR count). The van der Waals surface area contributed by atoms with Gasteiger partial charge in [0.25, 0.3) is 0 Å². The Bertz CT molecular complexity index is 461. The van der Waals surface area contributed by atoms with Gasteiger partial charge in [-0.25, -0.2) is 0 Å². The summed E-state index contributed by atoms with van der Waals surface area (Å²) in [6, 6.07) is 5.77. The Hall–Kier alpha value is -1.21. The zero-order valence-electron chi connectivity index (χ0n) is 11.4. The number of hydrogen-bond acceptors (Lipinski definition) is 3. The van der Waals surface area contributed by atoms with Crippen LogP contribution in [0.3, 0.4) is 0 Å². The molecule has 0 aromatic heterocycles. The summed E-state index contributed by atoms with van der Waals surface area (Å²) < 4.78 is 39.3. The minimum Gasteiger partial charge on any atom is -0.340 e. The Morgan fingerprint density at radius 3 is 2.43 bits per heavy atom. The smallest absolute Gasteiger partial charge is 0.340 e. The van der Waals surface area contributed by atoms with Crippen LogP contribution in [0.15, 0.2) is 30.3 Å². The number of carbonyl (C=O) groups is 1. The molecule has 0 unspecified atom stereocenters. The molecule has 1 N–H and O–H groups in total. The van der Waals surface area contributed by atoms with Gasteiger partial charge in [0.1, 0.15) is 6.04 Å². The van der Waals surface area contributed by atoms with Gasteiger partial charge in [0.2, 0.25) is 5.91 Å². The van der Waals surface area contributed by atoms with Crippen molar-refractivity contribution in [3.8, 4) is 0 Å². The molecule has 1 aromatic rings. The maximum atomic E-state index is 13.1. The second kappa shape index (κ2) is 7.17. The third-order valence-corrected chi connectivity index (χ3v) is 4.22. The predicted octanol–water partition coefficient (Wildman–Crippen LogP) is 2.46. The van der Waals surface area contributed by atoms with Crippen LogP contribution < -0.4 is 5.32 Å². The minimum atomic E-state index is -4.43. The third kappa shape index (κ3) is 4.64. The molecule has 1 heterocycles. The van der Waals surface area contributed by atoms with Gasteiger partial charge in [-0.3, -0.25) is 10.1 Å². The average Bonchev–Trinajstić information content (AvgIpc) is 2.48. The van der Waals surface area contributed by atoms with Crippen molar-refractivity contribution >= 4 is 17.7 Å². The van der Waals surface area contributed by atoms with E-state index >= 15 is 0 Å². The van der Waals surface area contributed by atoms with Gasteiger partial charge in [0.05, 0.1) is 6.54 Å². The second-order valence-corrected chi connectivity index (χ2v) is 5.98. The summed E-state index contributed by atoms with van der Waals surface area (Å²) >= 11 is 1.75. The van der Waals surface area contributed by atoms with Crippen molar-refractivity contribution in [1.29, 1.82) is 0 Å². The Kier molecular flexibility index (Phi) is 5.52. The number of carbonyl (C=O) groups excluding carboxylic acids is 1. The maximum absolute atomic E-state index is 13.1. The van der Waals surface area contributed by atoms with Crippen molar-refractivity contribution < 1.29 is 18.0 Å². The molecule has 1 atom stereocenters. The Balaban J connectivity index is 1.98. The van der Waals surface area contributed by atoms with E-state index in [9.17, 15) is 18.0 Å². The fourth-order valence-corrected chi connectivity index (χ4v) is 3.09. The van der Waals surface area contributed by atoms with E-state index in [1.165, 1.54) is 12.1 Å². The minimum absolute atomic E-state index is 0.118. The molecule has 3 nitrogen and oxygen atoms in total. The number of nitrogens with zero attached hydrogens (tertiary/aromatic N) is 1. The molecule has 1 amide bonds. The fraction of sp³-hybridized carbons (Fsp3) is 0.500. The van der Waals surface area contributed by atoms with Gasteiger partial charge in [-0.15, -0.1) is 0 Å². The van der Waals surface area contributed by atoms with Gasteiger partial charge in [-0.1, -0.05) is 30.3 Å². The van der Waals surface area contributed by atoms with Crippen molar-refractivity contribution in [2.75, 3.05) is 31.1 Å². The zero-order valence-corrected chi connectivity index (χ0v) is 12.2. The van der Waals surface area contributed by atoms with Gasteiger partial charge < -0.3 is 4.90 Å². The topological polar surface area (TPSA) is 32.3 Å². The van der Waals surface area contributed by atoms with Gasteiger partial charge in [-0.2, -0.15) is 24.9 Å². The molecule has 0 aliphatic carbocycles. The lowest BCUT2D eigenvalue weighted by Crippen LogP contribution is -2.45. The van der Waals surface area contributed by atoms with E-state index in [1.807, 2.05) is 0 Å². The molecule has 0 bridgehead atoms. The first kappa shape index (κ1) is 16.2. The van der Waals surface area contributed by atoms with E-state index in [2.05, 4.69) is 5.32 Å². The average molecular weight is 318 g/mol. The summed E-state index contributed by atoms with van der Waals surface area (Å²) in [4.78, 5) is 13.6. The van der Waals surface area contributed by atoms with Crippen LogP contribution in [0.2, 0.25) is 0 Å². The molecular formula is C14H17F3N2OS. The van der Waals surface area contributed by atoms with E-state index < -0.39 is 12.2 Å². The van der Waals surface area contributed by atoms with Crippen LogP contribution in [-0.4, -0.2) is 48.1 Å². The predicted molar refractivity (Wildman–Crippen MR) is 77.1 cm³/mol. The Morgan fingerprint density at radius 1 is 1.24 bits per heavy atom. The standard InChI is InChI=1S/C14H17F3N2OS/c15-14(16,17)13(11-4-2-1-3-5-11)18-10-12(20)19-6-8-21-9-7-19/h1-5,13,18H,6-10H2/t13-/m0/s1. The summed E-state index contributed by atoms with van der Waals surface area (Å²) in [5.74, 6) is 1.40. The lowest BCUT2D eigenvalue weighted by molar-refractivity contribution is -0.159. The summed E-state index contributed by atoms with van der Waals surface area (Å²) in [5.41, 5.74) is 0.118. The summed E-state index contributed by atoms with van der Waals surface area (Å²) in [6.45, 7) is 0.907. The molecule has 0 saturated carbocycles. The van der Waals surface area contributed by atoms with Crippen molar-refractivity contribution in [1.82, 2.24) is 10.2 Å². The van der Waals surface area contributed by atoms with Gasteiger partial charge in [-0.05, 0) is 5.56 Å². The number of nitrogens with one attached hydrogen (secondary N) is 1. The van der Waals surface area contributed by atoms with E-state index in [1.54, 1.807) is 34.9 Å². The normalized spacial score (nSPS) is 17.6. The zero-order chi connectivity index (χ0) is 15.3. The van der Waals surface area contributed by atoms with E-state index in [0.717, 1.165) is 11.5 Å². The lowest BCUT2D eigenvalue weighted by Gasteiger charge is -2.28. The van der Waals surface area contributed by atoms with Crippen LogP contribution in [0.25, 0.3) is 0 Å². The number of thioether (sulfide) groups is 1. The molecule has 1 aliphatic rings. The summed E-state index contributed by atoms with van der Waals surface area (Å²) in [5, 5.41) is 2.35. The SMILES string of the molecule is O=C(CN[C@@H](c1ccccc1)C(F)(F)F)N1CCSCC1. The third-order valence-electron chi connectivity index (χ3n) is 3.28. The van der Waals surface area contributed by atoms with Crippen molar-refractivity contribution in [3.05, 3.63) is 35.9 Å². The molecule has 1 saturated heterocycles.